The first-order valence-corrected chi connectivity index (χ1v) is 3.67. The molecule has 7 heteroatoms. The third-order valence-electron chi connectivity index (χ3n) is 1.04. The number of carbonyl (C=O) groups is 1. The molecule has 0 aromatic rings. The third kappa shape index (κ3) is 10.6. The molecule has 0 aromatic carbocycles. The van der Waals surface area contributed by atoms with Crippen molar-refractivity contribution in [3.63, 3.8) is 0 Å². The van der Waals surface area contributed by atoms with Crippen LogP contribution in [0.15, 0.2) is 0 Å². The fourth-order valence-electron chi connectivity index (χ4n) is 0.557. The molecule has 0 unspecified atom stereocenters. The zero-order valence-corrected chi connectivity index (χ0v) is 7.01. The van der Waals surface area contributed by atoms with Gasteiger partial charge in [-0.05, 0) is 6.42 Å². The van der Waals surface area contributed by atoms with Crippen LogP contribution in [0.2, 0.25) is 0 Å². The van der Waals surface area contributed by atoms with Crippen molar-refractivity contribution >= 4 is 6.47 Å². The molecule has 0 spiro atoms. The number of ether oxygens (including phenoxy) is 2. The van der Waals surface area contributed by atoms with Crippen LogP contribution in [0.4, 0.5) is 0 Å². The number of carbonyl (C=O) groups excluding carboxylic acids is 1. The van der Waals surface area contributed by atoms with E-state index in [2.05, 4.69) is 9.57 Å². The van der Waals surface area contributed by atoms with Gasteiger partial charge in [0.15, 0.2) is 0 Å². The average molecular weight is 193 g/mol. The van der Waals surface area contributed by atoms with Gasteiger partial charge in [0.25, 0.3) is 11.6 Å². The maximum absolute atomic E-state index is 9.66. The lowest BCUT2D eigenvalue weighted by molar-refractivity contribution is -0.757. The molecule has 0 bridgehead atoms. The second kappa shape index (κ2) is 8.72. The molecule has 0 aliphatic carbocycles. The van der Waals surface area contributed by atoms with E-state index >= 15 is 0 Å². The Kier molecular flexibility index (Phi) is 7.80. The molecule has 0 saturated heterocycles. The van der Waals surface area contributed by atoms with Crippen LogP contribution in [0.1, 0.15) is 6.42 Å². The van der Waals surface area contributed by atoms with Crippen LogP contribution in [0.25, 0.3) is 0 Å². The highest BCUT2D eigenvalue weighted by atomic mass is 16.9. The normalized spacial score (nSPS) is 9.23. The summed E-state index contributed by atoms with van der Waals surface area (Å²) in [7, 11) is 0. The molecule has 0 aromatic heterocycles. The monoisotopic (exact) mass is 193 g/mol. The van der Waals surface area contributed by atoms with E-state index in [0.717, 1.165) is 0 Å². The van der Waals surface area contributed by atoms with Gasteiger partial charge in [-0.1, -0.05) is 0 Å². The van der Waals surface area contributed by atoms with Gasteiger partial charge in [-0.25, -0.2) is 0 Å². The molecule has 0 fully saturated rings. The number of hydrogen-bond donors (Lipinski definition) is 0. The van der Waals surface area contributed by atoms with Gasteiger partial charge in [0.1, 0.15) is 6.61 Å². The van der Waals surface area contributed by atoms with Gasteiger partial charge in [0, 0.05) is 6.61 Å². The van der Waals surface area contributed by atoms with Gasteiger partial charge in [0.2, 0.25) is 0 Å². The van der Waals surface area contributed by atoms with Crippen LogP contribution >= 0.6 is 0 Å². The molecule has 0 heterocycles. The Morgan fingerprint density at radius 2 is 2.00 bits per heavy atom. The summed E-state index contributed by atoms with van der Waals surface area (Å²) in [6, 6.07) is 0. The van der Waals surface area contributed by atoms with Crippen molar-refractivity contribution in [1.82, 2.24) is 0 Å². The summed E-state index contributed by atoms with van der Waals surface area (Å²) < 4.78 is 9.26. The van der Waals surface area contributed by atoms with Crippen LogP contribution in [0.5, 0.6) is 0 Å². The Bertz CT molecular complexity index is 150. The first-order chi connectivity index (χ1) is 6.27. The van der Waals surface area contributed by atoms with Crippen LogP contribution < -0.4 is 0 Å². The lowest BCUT2D eigenvalue weighted by Crippen LogP contribution is -2.08. The second-order valence-corrected chi connectivity index (χ2v) is 1.99. The minimum Gasteiger partial charge on any atom is -0.465 e. The molecular formula is C6H11NO6. The lowest BCUT2D eigenvalue weighted by atomic mass is 10.5. The van der Waals surface area contributed by atoms with Gasteiger partial charge in [0.05, 0.1) is 13.2 Å². The fraction of sp³-hybridized carbons (Fsp3) is 0.833. The van der Waals surface area contributed by atoms with Gasteiger partial charge in [-0.3, -0.25) is 4.79 Å². The van der Waals surface area contributed by atoms with Crippen LogP contribution in [-0.2, 0) is 19.1 Å². The van der Waals surface area contributed by atoms with Crippen molar-refractivity contribution in [2.45, 2.75) is 6.42 Å². The fourth-order valence-corrected chi connectivity index (χ4v) is 0.557. The molecule has 0 radical (unpaired) electrons. The van der Waals surface area contributed by atoms with Crippen molar-refractivity contribution < 1.29 is 24.2 Å². The summed E-state index contributed by atoms with van der Waals surface area (Å²) in [5, 5.41) is 8.81. The summed E-state index contributed by atoms with van der Waals surface area (Å²) in [6.07, 6.45) is 0.433. The molecule has 0 amide bonds. The summed E-state index contributed by atoms with van der Waals surface area (Å²) in [5.41, 5.74) is 0. The Morgan fingerprint density at radius 1 is 1.23 bits per heavy atom. The first kappa shape index (κ1) is 11.6. The quantitative estimate of drug-likeness (QED) is 0.217. The number of hydrogen-bond acceptors (Lipinski definition) is 6. The van der Waals surface area contributed by atoms with E-state index in [1.807, 2.05) is 0 Å². The average Bonchev–Trinajstić information content (AvgIpc) is 2.09. The minimum atomic E-state index is -0.852. The number of nitrogens with zero attached hydrogens (tertiary/aromatic N) is 1. The molecule has 0 saturated carbocycles. The summed E-state index contributed by atoms with van der Waals surface area (Å²) >= 11 is 0. The zero-order chi connectivity index (χ0) is 9.94. The Balaban J connectivity index is 2.91. The maximum Gasteiger partial charge on any atom is 0.294 e. The Labute approximate surface area is 74.7 Å². The molecule has 7 nitrogen and oxygen atoms in total. The molecule has 76 valence electrons. The SMILES string of the molecule is O=COCCOCCCO[N+](=O)[O-]. The van der Waals surface area contributed by atoms with E-state index in [-0.39, 0.29) is 19.8 Å². The van der Waals surface area contributed by atoms with Crippen LogP contribution in [0.3, 0.4) is 0 Å². The highest BCUT2D eigenvalue weighted by molar-refractivity contribution is 5.36. The molecular weight excluding hydrogens is 182 g/mol. The van der Waals surface area contributed by atoms with Crippen molar-refractivity contribution in [2.24, 2.45) is 0 Å². The Hall–Kier alpha value is -1.37. The first-order valence-electron chi connectivity index (χ1n) is 3.67. The van der Waals surface area contributed by atoms with Gasteiger partial charge in [-0.2, -0.15) is 0 Å². The van der Waals surface area contributed by atoms with Gasteiger partial charge < -0.3 is 14.3 Å². The van der Waals surface area contributed by atoms with Crippen molar-refractivity contribution in [3.8, 4) is 0 Å². The minimum absolute atomic E-state index is 0.0154. The highest BCUT2D eigenvalue weighted by Gasteiger charge is 1.94. The maximum atomic E-state index is 9.66. The predicted octanol–water partition coefficient (Wildman–Crippen LogP) is -0.226. The van der Waals surface area contributed by atoms with E-state index in [1.165, 1.54) is 0 Å². The van der Waals surface area contributed by atoms with E-state index < -0.39 is 5.09 Å². The highest BCUT2D eigenvalue weighted by Crippen LogP contribution is 1.85. The van der Waals surface area contributed by atoms with E-state index in [4.69, 9.17) is 4.74 Å². The molecule has 0 aliphatic rings. The standard InChI is InChI=1S/C6H11NO6/c8-6-12-5-4-11-2-1-3-13-7(9)10/h6H,1-5H2. The van der Waals surface area contributed by atoms with Crippen LogP contribution in [0, 0.1) is 10.1 Å². The van der Waals surface area contributed by atoms with Gasteiger partial charge in [-0.15, -0.1) is 10.1 Å². The molecule has 0 rings (SSSR count). The summed E-state index contributed by atoms with van der Waals surface area (Å²) in [6.45, 7) is 1.17. The molecule has 0 aliphatic heterocycles. The largest absolute Gasteiger partial charge is 0.465 e. The molecule has 0 atom stereocenters. The van der Waals surface area contributed by atoms with Crippen molar-refractivity contribution in [2.75, 3.05) is 26.4 Å². The topological polar surface area (TPSA) is 87.9 Å². The predicted molar refractivity (Wildman–Crippen MR) is 40.4 cm³/mol. The molecule has 13 heavy (non-hydrogen) atoms. The smallest absolute Gasteiger partial charge is 0.294 e. The summed E-state index contributed by atoms with van der Waals surface area (Å²) in [5.74, 6) is 0. The number of rotatable bonds is 9. The van der Waals surface area contributed by atoms with Gasteiger partial charge >= 0.3 is 0 Å². The van der Waals surface area contributed by atoms with E-state index in [9.17, 15) is 14.9 Å². The zero-order valence-electron chi connectivity index (χ0n) is 7.01. The van der Waals surface area contributed by atoms with E-state index in [0.29, 0.717) is 19.5 Å². The summed E-state index contributed by atoms with van der Waals surface area (Å²) in [4.78, 5) is 23.3. The lowest BCUT2D eigenvalue weighted by Gasteiger charge is -2.01. The second-order valence-electron chi connectivity index (χ2n) is 1.99. The molecule has 0 N–H and O–H groups in total. The Morgan fingerprint density at radius 3 is 2.62 bits per heavy atom. The van der Waals surface area contributed by atoms with Crippen molar-refractivity contribution in [3.05, 3.63) is 10.1 Å². The van der Waals surface area contributed by atoms with Crippen molar-refractivity contribution in [1.29, 1.82) is 0 Å². The van der Waals surface area contributed by atoms with Crippen LogP contribution in [-0.4, -0.2) is 38.0 Å². The van der Waals surface area contributed by atoms with E-state index in [1.54, 1.807) is 0 Å². The third-order valence-corrected chi connectivity index (χ3v) is 1.04.